The van der Waals surface area contributed by atoms with E-state index in [1.807, 2.05) is 30.3 Å². The monoisotopic (exact) mass is 396 g/mol. The summed E-state index contributed by atoms with van der Waals surface area (Å²) in [4.78, 5) is 2.58. The Hall–Kier alpha value is -1.74. The number of nitrogens with zero attached hydrogens (tertiary/aromatic N) is 4. The van der Waals surface area contributed by atoms with Gasteiger partial charge in [0.15, 0.2) is 6.67 Å². The van der Waals surface area contributed by atoms with Gasteiger partial charge in [-0.2, -0.15) is 9.36 Å². The van der Waals surface area contributed by atoms with Crippen molar-refractivity contribution < 1.29 is 9.64 Å². The predicted octanol–water partition coefficient (Wildman–Crippen LogP) is 2.58. The quantitative estimate of drug-likeness (QED) is 0.623. The molecule has 0 saturated carbocycles. The fourth-order valence-electron chi connectivity index (χ4n) is 2.46. The molecule has 0 radical (unpaired) electrons. The van der Waals surface area contributed by atoms with Crippen molar-refractivity contribution in [2.45, 2.75) is 20.1 Å². The van der Waals surface area contributed by atoms with Crippen LogP contribution in [0.3, 0.4) is 0 Å². The summed E-state index contributed by atoms with van der Waals surface area (Å²) < 4.78 is 9.97. The minimum absolute atomic E-state index is 0.570. The third-order valence-electron chi connectivity index (χ3n) is 3.88. The molecule has 0 saturated heterocycles. The smallest absolute Gasteiger partial charge is 0.225 e. The molecule has 1 unspecified atom stereocenters. The number of thiophene rings is 1. The summed E-state index contributed by atoms with van der Waals surface area (Å²) in [5.74, 6) is 0.791. The molecule has 25 heavy (non-hydrogen) atoms. The zero-order valence-electron chi connectivity index (χ0n) is 14.0. The molecule has 2 aromatic heterocycles. The minimum Gasteiger partial charge on any atom is -0.497 e. The summed E-state index contributed by atoms with van der Waals surface area (Å²) in [6.45, 7) is 4.63. The number of tetrazole rings is 1. The maximum Gasteiger partial charge on any atom is 0.225 e. The van der Waals surface area contributed by atoms with Gasteiger partial charge in [-0.15, -0.1) is 11.3 Å². The van der Waals surface area contributed by atoms with Crippen LogP contribution in [0.5, 0.6) is 5.75 Å². The van der Waals surface area contributed by atoms with Crippen LogP contribution in [0.1, 0.15) is 11.8 Å². The number of methoxy groups -OCH3 is 1. The highest BCUT2D eigenvalue weighted by molar-refractivity contribution is 7.71. The molecule has 0 fully saturated rings. The van der Waals surface area contributed by atoms with Gasteiger partial charge in [0.05, 0.1) is 28.6 Å². The Morgan fingerprint density at radius 2 is 1.96 bits per heavy atom. The zero-order chi connectivity index (χ0) is 17.8. The number of quaternary nitrogens is 1. The number of halogens is 1. The first-order valence-electron chi connectivity index (χ1n) is 7.85. The van der Waals surface area contributed by atoms with E-state index in [4.69, 9.17) is 28.6 Å². The zero-order valence-corrected chi connectivity index (χ0v) is 16.4. The number of benzene rings is 1. The van der Waals surface area contributed by atoms with Crippen LogP contribution < -0.4 is 9.64 Å². The molecule has 3 rings (SSSR count). The minimum atomic E-state index is 0.570. The second kappa shape index (κ2) is 8.09. The van der Waals surface area contributed by atoms with Crippen molar-refractivity contribution in [3.8, 4) is 11.4 Å². The molecule has 0 amide bonds. The summed E-state index contributed by atoms with van der Waals surface area (Å²) in [6, 6.07) is 11.6. The number of nitrogens with one attached hydrogen (secondary N) is 1. The highest BCUT2D eigenvalue weighted by atomic mass is 35.5. The molecule has 1 N–H and O–H groups in total. The molecule has 6 nitrogen and oxygen atoms in total. The maximum absolute atomic E-state index is 6.02. The van der Waals surface area contributed by atoms with Crippen molar-refractivity contribution in [2.75, 3.05) is 13.7 Å². The molecule has 0 aliphatic rings. The van der Waals surface area contributed by atoms with Crippen molar-refractivity contribution in [1.82, 2.24) is 19.8 Å². The van der Waals surface area contributed by atoms with E-state index in [-0.39, 0.29) is 0 Å². The van der Waals surface area contributed by atoms with Crippen molar-refractivity contribution in [3.63, 3.8) is 0 Å². The first kappa shape index (κ1) is 18.1. The molecule has 9 heteroatoms. The summed E-state index contributed by atoms with van der Waals surface area (Å²) in [5.41, 5.74) is 0.861. The molecule has 1 atom stereocenters. The van der Waals surface area contributed by atoms with Gasteiger partial charge >= 0.3 is 0 Å². The van der Waals surface area contributed by atoms with Gasteiger partial charge in [-0.05, 0) is 66.0 Å². The van der Waals surface area contributed by atoms with Crippen molar-refractivity contribution in [1.29, 1.82) is 0 Å². The number of ether oxygens (including phenoxy) is 1. The number of rotatable bonds is 7. The van der Waals surface area contributed by atoms with Crippen LogP contribution in [0.15, 0.2) is 36.4 Å². The van der Waals surface area contributed by atoms with Crippen LogP contribution in [-0.4, -0.2) is 33.4 Å². The van der Waals surface area contributed by atoms with Crippen LogP contribution in [0.25, 0.3) is 5.69 Å². The van der Waals surface area contributed by atoms with Crippen molar-refractivity contribution in [3.05, 3.63) is 50.4 Å². The number of aromatic nitrogens is 4. The van der Waals surface area contributed by atoms with Crippen molar-refractivity contribution >= 4 is 35.2 Å². The second-order valence-electron chi connectivity index (χ2n) is 5.52. The molecular formula is C16H19ClN5OS2+. The standard InChI is InChI=1S/C16H18ClN5OS2/c1-3-20(10-14-8-9-15(17)25-14)11-21-16(24)22(19-18-21)12-4-6-13(23-2)7-5-12/h4-9H,3,10-11H2,1-2H3/p+1. The SMILES string of the molecule is CC[NH+](Cc1ccc(Cl)s1)Cn1nnn(-c2ccc(OC)cc2)c1=S. The van der Waals surface area contributed by atoms with E-state index >= 15 is 0 Å². The lowest BCUT2D eigenvalue weighted by Gasteiger charge is -2.15. The molecular weight excluding hydrogens is 378 g/mol. The molecule has 132 valence electrons. The summed E-state index contributed by atoms with van der Waals surface area (Å²) in [5, 5.41) is 8.41. The summed E-state index contributed by atoms with van der Waals surface area (Å²) >= 11 is 13.2. The van der Waals surface area contributed by atoms with Gasteiger partial charge in [0.2, 0.25) is 4.77 Å². The van der Waals surface area contributed by atoms with Gasteiger partial charge in [0.1, 0.15) is 12.3 Å². The average molecular weight is 397 g/mol. The third kappa shape index (κ3) is 4.27. The van der Waals surface area contributed by atoms with Crippen molar-refractivity contribution in [2.24, 2.45) is 0 Å². The van der Waals surface area contributed by atoms with E-state index in [1.165, 1.54) is 9.78 Å². The highest BCUT2D eigenvalue weighted by Gasteiger charge is 2.14. The molecule has 0 aliphatic carbocycles. The second-order valence-corrected chi connectivity index (χ2v) is 7.68. The first-order valence-corrected chi connectivity index (χ1v) is 9.46. The summed E-state index contributed by atoms with van der Waals surface area (Å²) in [7, 11) is 1.64. The van der Waals surface area contributed by atoms with Crippen LogP contribution in [0, 0.1) is 4.77 Å². The van der Waals surface area contributed by atoms with Gasteiger partial charge < -0.3 is 9.64 Å². The van der Waals surface area contributed by atoms with E-state index in [1.54, 1.807) is 27.8 Å². The van der Waals surface area contributed by atoms with Crippen LogP contribution in [0.4, 0.5) is 0 Å². The van der Waals surface area contributed by atoms with E-state index in [0.717, 1.165) is 28.9 Å². The number of hydrogen-bond donors (Lipinski definition) is 1. The van der Waals surface area contributed by atoms with E-state index in [0.29, 0.717) is 11.4 Å². The Morgan fingerprint density at radius 3 is 2.56 bits per heavy atom. The summed E-state index contributed by atoms with van der Waals surface area (Å²) in [6.07, 6.45) is 0. The molecule has 2 heterocycles. The maximum atomic E-state index is 6.02. The molecule has 0 aliphatic heterocycles. The normalized spacial score (nSPS) is 12.3. The Kier molecular flexibility index (Phi) is 5.85. The van der Waals surface area contributed by atoms with Gasteiger partial charge in [0.25, 0.3) is 0 Å². The lowest BCUT2D eigenvalue weighted by Crippen LogP contribution is -3.09. The van der Waals surface area contributed by atoms with Gasteiger partial charge in [-0.1, -0.05) is 11.6 Å². The largest absolute Gasteiger partial charge is 0.497 e. The lowest BCUT2D eigenvalue weighted by atomic mass is 10.3. The molecule has 1 aromatic carbocycles. The van der Waals surface area contributed by atoms with Crippen LogP contribution in [0.2, 0.25) is 4.34 Å². The third-order valence-corrected chi connectivity index (χ3v) is 5.50. The Bertz CT molecular complexity index is 887. The lowest BCUT2D eigenvalue weighted by molar-refractivity contribution is -0.935. The molecule has 3 aromatic rings. The van der Waals surface area contributed by atoms with Gasteiger partial charge in [0, 0.05) is 0 Å². The fourth-order valence-corrected chi connectivity index (χ4v) is 3.86. The Labute approximate surface area is 160 Å². The number of hydrogen-bond acceptors (Lipinski definition) is 5. The fraction of sp³-hybridized carbons (Fsp3) is 0.312. The molecule has 0 spiro atoms. The van der Waals surface area contributed by atoms with E-state index in [9.17, 15) is 0 Å². The van der Waals surface area contributed by atoms with Crippen LogP contribution >= 0.6 is 35.2 Å². The first-order chi connectivity index (χ1) is 12.1. The average Bonchev–Trinajstić information content (AvgIpc) is 3.20. The topological polar surface area (TPSA) is 49.3 Å². The van der Waals surface area contributed by atoms with Crippen LogP contribution in [-0.2, 0) is 13.2 Å². The molecule has 0 bridgehead atoms. The Balaban J connectivity index is 1.76. The van der Waals surface area contributed by atoms with Gasteiger partial charge in [-0.25, -0.2) is 0 Å². The van der Waals surface area contributed by atoms with Gasteiger partial charge in [-0.3, -0.25) is 0 Å². The van der Waals surface area contributed by atoms with E-state index in [2.05, 4.69) is 23.4 Å². The van der Waals surface area contributed by atoms with E-state index < -0.39 is 0 Å². The Morgan fingerprint density at radius 1 is 1.20 bits per heavy atom. The predicted molar refractivity (Wildman–Crippen MR) is 101 cm³/mol. The highest BCUT2D eigenvalue weighted by Crippen LogP contribution is 2.20.